The Morgan fingerprint density at radius 1 is 1.35 bits per heavy atom. The zero-order chi connectivity index (χ0) is 13.7. The molecule has 4 rings (SSSR count). The highest BCUT2D eigenvalue weighted by atomic mass is 15.3. The first-order valence-electron chi connectivity index (χ1n) is 7.39. The van der Waals surface area contributed by atoms with E-state index in [1.165, 1.54) is 12.8 Å². The number of aryl methyl sites for hydroxylation is 1. The highest BCUT2D eigenvalue weighted by Crippen LogP contribution is 2.42. The van der Waals surface area contributed by atoms with Crippen molar-refractivity contribution in [1.29, 1.82) is 0 Å². The fraction of sp³-hybridized carbons (Fsp3) is 0.643. The minimum atomic E-state index is 0.116. The molecule has 2 aliphatic rings. The van der Waals surface area contributed by atoms with Gasteiger partial charge in [0.1, 0.15) is 5.82 Å². The molecule has 1 saturated carbocycles. The topological polar surface area (TPSA) is 60.6 Å². The molecule has 2 unspecified atom stereocenters. The standard InChI is InChI=1S/C14H20N6/c1-9(10-3-4-10)13-17-18-14-12(15-5-6-20(13)14)11-7-16-19(2)8-11/h7-10,12,15H,3-6H2,1-2H3. The summed E-state index contributed by atoms with van der Waals surface area (Å²) in [5, 5.41) is 16.7. The second kappa shape index (κ2) is 4.41. The van der Waals surface area contributed by atoms with E-state index in [4.69, 9.17) is 0 Å². The zero-order valence-corrected chi connectivity index (χ0v) is 12.0. The van der Waals surface area contributed by atoms with Crippen LogP contribution in [0.25, 0.3) is 0 Å². The van der Waals surface area contributed by atoms with Gasteiger partial charge in [-0.3, -0.25) is 4.68 Å². The average molecular weight is 272 g/mol. The van der Waals surface area contributed by atoms with E-state index in [0.717, 1.165) is 36.2 Å². The van der Waals surface area contributed by atoms with Crippen LogP contribution in [0.5, 0.6) is 0 Å². The van der Waals surface area contributed by atoms with E-state index in [0.29, 0.717) is 5.92 Å². The molecule has 6 heteroatoms. The van der Waals surface area contributed by atoms with Crippen molar-refractivity contribution in [2.24, 2.45) is 13.0 Å². The van der Waals surface area contributed by atoms with Crippen LogP contribution in [0.1, 0.15) is 48.9 Å². The number of aromatic nitrogens is 5. The molecule has 0 aromatic carbocycles. The van der Waals surface area contributed by atoms with E-state index in [1.54, 1.807) is 0 Å². The Balaban J connectivity index is 1.71. The third-order valence-electron chi connectivity index (χ3n) is 4.54. The number of hydrogen-bond acceptors (Lipinski definition) is 4. The maximum Gasteiger partial charge on any atom is 0.154 e. The minimum absolute atomic E-state index is 0.116. The maximum atomic E-state index is 4.49. The second-order valence-corrected chi connectivity index (χ2v) is 6.03. The molecule has 20 heavy (non-hydrogen) atoms. The summed E-state index contributed by atoms with van der Waals surface area (Å²) in [6.07, 6.45) is 6.64. The summed E-state index contributed by atoms with van der Waals surface area (Å²) in [6.45, 7) is 4.20. The van der Waals surface area contributed by atoms with Gasteiger partial charge >= 0.3 is 0 Å². The second-order valence-electron chi connectivity index (χ2n) is 6.03. The van der Waals surface area contributed by atoms with Gasteiger partial charge in [-0.1, -0.05) is 6.92 Å². The fourth-order valence-corrected chi connectivity index (χ4v) is 3.18. The molecule has 1 N–H and O–H groups in total. The van der Waals surface area contributed by atoms with E-state index < -0.39 is 0 Å². The van der Waals surface area contributed by atoms with Crippen molar-refractivity contribution in [3.8, 4) is 0 Å². The first-order valence-corrected chi connectivity index (χ1v) is 7.39. The molecule has 0 saturated heterocycles. The van der Waals surface area contributed by atoms with Crippen LogP contribution < -0.4 is 5.32 Å². The van der Waals surface area contributed by atoms with Gasteiger partial charge in [-0.15, -0.1) is 10.2 Å². The summed E-state index contributed by atoms with van der Waals surface area (Å²) in [4.78, 5) is 0. The van der Waals surface area contributed by atoms with Crippen LogP contribution in [-0.2, 0) is 13.6 Å². The molecule has 2 aromatic heterocycles. The van der Waals surface area contributed by atoms with Crippen molar-refractivity contribution in [2.75, 3.05) is 6.54 Å². The SMILES string of the molecule is CC(c1nnc2n1CCNC2c1cnn(C)c1)C1CC1. The Morgan fingerprint density at radius 2 is 2.20 bits per heavy atom. The van der Waals surface area contributed by atoms with E-state index in [2.05, 4.69) is 32.1 Å². The molecular weight excluding hydrogens is 252 g/mol. The van der Waals surface area contributed by atoms with Gasteiger partial charge in [0.05, 0.1) is 12.2 Å². The number of rotatable bonds is 3. The Morgan fingerprint density at radius 3 is 2.90 bits per heavy atom. The molecule has 6 nitrogen and oxygen atoms in total. The normalized spacial score (nSPS) is 23.6. The summed E-state index contributed by atoms with van der Waals surface area (Å²) >= 11 is 0. The zero-order valence-electron chi connectivity index (χ0n) is 12.0. The Hall–Kier alpha value is -1.69. The third-order valence-corrected chi connectivity index (χ3v) is 4.54. The van der Waals surface area contributed by atoms with Gasteiger partial charge in [-0.2, -0.15) is 5.10 Å². The highest BCUT2D eigenvalue weighted by Gasteiger charge is 2.35. The largest absolute Gasteiger partial charge is 0.312 e. The van der Waals surface area contributed by atoms with E-state index in [1.807, 2.05) is 24.1 Å². The van der Waals surface area contributed by atoms with Crippen molar-refractivity contribution in [1.82, 2.24) is 29.9 Å². The van der Waals surface area contributed by atoms with E-state index in [9.17, 15) is 0 Å². The van der Waals surface area contributed by atoms with Crippen molar-refractivity contribution in [3.05, 3.63) is 29.6 Å². The molecule has 2 atom stereocenters. The van der Waals surface area contributed by atoms with Gasteiger partial charge in [-0.05, 0) is 18.8 Å². The number of hydrogen-bond donors (Lipinski definition) is 1. The van der Waals surface area contributed by atoms with Crippen molar-refractivity contribution < 1.29 is 0 Å². The monoisotopic (exact) mass is 272 g/mol. The maximum absolute atomic E-state index is 4.49. The average Bonchev–Trinajstić information content (AvgIpc) is 3.07. The molecule has 0 amide bonds. The fourth-order valence-electron chi connectivity index (χ4n) is 3.18. The molecule has 1 aliphatic heterocycles. The van der Waals surface area contributed by atoms with Crippen LogP contribution in [0.15, 0.2) is 12.4 Å². The van der Waals surface area contributed by atoms with E-state index in [-0.39, 0.29) is 6.04 Å². The number of nitrogens with one attached hydrogen (secondary N) is 1. The molecule has 106 valence electrons. The molecule has 0 radical (unpaired) electrons. The van der Waals surface area contributed by atoms with Crippen LogP contribution in [0, 0.1) is 5.92 Å². The Kier molecular flexibility index (Phi) is 2.66. The number of nitrogens with zero attached hydrogens (tertiary/aromatic N) is 5. The molecule has 3 heterocycles. The lowest BCUT2D eigenvalue weighted by molar-refractivity contribution is 0.435. The molecule has 0 spiro atoms. The first kappa shape index (κ1) is 12.1. The van der Waals surface area contributed by atoms with Crippen molar-refractivity contribution in [2.45, 2.75) is 38.3 Å². The summed E-state index contributed by atoms with van der Waals surface area (Å²) in [6, 6.07) is 0.116. The smallest absolute Gasteiger partial charge is 0.154 e. The van der Waals surface area contributed by atoms with Gasteiger partial charge in [0.2, 0.25) is 0 Å². The lowest BCUT2D eigenvalue weighted by Crippen LogP contribution is -2.35. The quantitative estimate of drug-likeness (QED) is 0.912. The molecular formula is C14H20N6. The van der Waals surface area contributed by atoms with Crippen LogP contribution in [0.4, 0.5) is 0 Å². The lowest BCUT2D eigenvalue weighted by Gasteiger charge is -2.25. The summed E-state index contributed by atoms with van der Waals surface area (Å²) in [5.41, 5.74) is 1.16. The predicted octanol–water partition coefficient (Wildman–Crippen LogP) is 1.22. The van der Waals surface area contributed by atoms with Crippen molar-refractivity contribution in [3.63, 3.8) is 0 Å². The summed E-state index contributed by atoms with van der Waals surface area (Å²) in [5.74, 6) is 3.54. The summed E-state index contributed by atoms with van der Waals surface area (Å²) < 4.78 is 4.15. The summed E-state index contributed by atoms with van der Waals surface area (Å²) in [7, 11) is 1.94. The van der Waals surface area contributed by atoms with Gasteiger partial charge in [0, 0.05) is 37.8 Å². The van der Waals surface area contributed by atoms with E-state index >= 15 is 0 Å². The Labute approximate surface area is 118 Å². The van der Waals surface area contributed by atoms with Crippen LogP contribution >= 0.6 is 0 Å². The van der Waals surface area contributed by atoms with Crippen LogP contribution in [0.3, 0.4) is 0 Å². The molecule has 0 bridgehead atoms. The van der Waals surface area contributed by atoms with Gasteiger partial charge < -0.3 is 9.88 Å². The third kappa shape index (κ3) is 1.86. The van der Waals surface area contributed by atoms with Crippen LogP contribution in [-0.4, -0.2) is 31.1 Å². The molecule has 2 aromatic rings. The molecule has 1 fully saturated rings. The van der Waals surface area contributed by atoms with Gasteiger partial charge in [-0.25, -0.2) is 0 Å². The number of fused-ring (bicyclic) bond motifs is 1. The Bertz CT molecular complexity index is 623. The highest BCUT2D eigenvalue weighted by molar-refractivity contribution is 5.22. The van der Waals surface area contributed by atoms with Gasteiger partial charge in [0.15, 0.2) is 5.82 Å². The van der Waals surface area contributed by atoms with Gasteiger partial charge in [0.25, 0.3) is 0 Å². The minimum Gasteiger partial charge on any atom is -0.312 e. The van der Waals surface area contributed by atoms with Crippen LogP contribution in [0.2, 0.25) is 0 Å². The molecule has 1 aliphatic carbocycles. The lowest BCUT2D eigenvalue weighted by atomic mass is 10.0. The predicted molar refractivity (Wildman–Crippen MR) is 74.2 cm³/mol. The van der Waals surface area contributed by atoms with Crippen molar-refractivity contribution >= 4 is 0 Å². The first-order chi connectivity index (χ1) is 9.74.